The lowest BCUT2D eigenvalue weighted by Gasteiger charge is -2.26. The molecule has 1 unspecified atom stereocenters. The zero-order chi connectivity index (χ0) is 12.8. The molecule has 1 atom stereocenters. The van der Waals surface area contributed by atoms with E-state index in [1.165, 1.54) is 0 Å². The number of nitrogens with one attached hydrogen (secondary N) is 2. The zero-order valence-corrected chi connectivity index (χ0v) is 9.98. The first-order valence-corrected chi connectivity index (χ1v) is 6.00. The van der Waals surface area contributed by atoms with Crippen molar-refractivity contribution in [1.82, 2.24) is 10.6 Å². The number of hydrogen-bond acceptors (Lipinski definition) is 3. The van der Waals surface area contributed by atoms with Crippen LogP contribution in [0.1, 0.15) is 39.0 Å². The number of carbonyl (C=O) groups is 2. The van der Waals surface area contributed by atoms with Gasteiger partial charge in [-0.25, -0.2) is 9.59 Å². The molecule has 0 radical (unpaired) electrons. The minimum absolute atomic E-state index is 0.0321. The summed E-state index contributed by atoms with van der Waals surface area (Å²) >= 11 is 0. The highest BCUT2D eigenvalue weighted by Gasteiger charge is 2.23. The van der Waals surface area contributed by atoms with Crippen molar-refractivity contribution >= 4 is 12.0 Å². The van der Waals surface area contributed by atoms with Gasteiger partial charge < -0.3 is 20.8 Å². The molecule has 1 aliphatic carbocycles. The van der Waals surface area contributed by atoms with Gasteiger partial charge in [-0.1, -0.05) is 6.92 Å². The molecule has 6 heteroatoms. The summed E-state index contributed by atoms with van der Waals surface area (Å²) in [4.78, 5) is 22.2. The molecule has 6 nitrogen and oxygen atoms in total. The van der Waals surface area contributed by atoms with E-state index >= 15 is 0 Å². The summed E-state index contributed by atoms with van der Waals surface area (Å²) < 4.78 is 0. The van der Waals surface area contributed by atoms with Crippen LogP contribution < -0.4 is 10.6 Å². The van der Waals surface area contributed by atoms with E-state index < -0.39 is 18.0 Å². The van der Waals surface area contributed by atoms with Gasteiger partial charge in [0.1, 0.15) is 6.04 Å². The fraction of sp³-hybridized carbons (Fsp3) is 0.818. The summed E-state index contributed by atoms with van der Waals surface area (Å²) in [6.07, 6.45) is 2.92. The molecule has 0 aromatic rings. The van der Waals surface area contributed by atoms with Crippen molar-refractivity contribution in [1.29, 1.82) is 0 Å². The maximum atomic E-state index is 11.5. The van der Waals surface area contributed by atoms with Crippen LogP contribution in [0.25, 0.3) is 0 Å². The van der Waals surface area contributed by atoms with E-state index in [9.17, 15) is 14.7 Å². The summed E-state index contributed by atoms with van der Waals surface area (Å²) in [6.45, 7) is 1.70. The van der Waals surface area contributed by atoms with Crippen molar-refractivity contribution in [2.75, 3.05) is 0 Å². The van der Waals surface area contributed by atoms with Crippen LogP contribution in [0.15, 0.2) is 0 Å². The van der Waals surface area contributed by atoms with E-state index in [2.05, 4.69) is 10.6 Å². The Morgan fingerprint density at radius 1 is 1.29 bits per heavy atom. The van der Waals surface area contributed by atoms with E-state index in [0.29, 0.717) is 19.3 Å². The van der Waals surface area contributed by atoms with Gasteiger partial charge in [-0.15, -0.1) is 0 Å². The largest absolute Gasteiger partial charge is 0.480 e. The van der Waals surface area contributed by atoms with Crippen molar-refractivity contribution in [2.24, 2.45) is 0 Å². The Bertz CT molecular complexity index is 275. The number of carboxylic acids is 1. The van der Waals surface area contributed by atoms with Gasteiger partial charge in [0.25, 0.3) is 0 Å². The third-order valence-electron chi connectivity index (χ3n) is 3.04. The molecule has 0 saturated heterocycles. The number of amides is 2. The molecule has 4 N–H and O–H groups in total. The molecule has 1 fully saturated rings. The summed E-state index contributed by atoms with van der Waals surface area (Å²) in [7, 11) is 0. The topological polar surface area (TPSA) is 98.7 Å². The maximum absolute atomic E-state index is 11.5. The Labute approximate surface area is 100 Å². The zero-order valence-electron chi connectivity index (χ0n) is 9.98. The minimum Gasteiger partial charge on any atom is -0.480 e. The van der Waals surface area contributed by atoms with E-state index in [0.717, 1.165) is 12.8 Å². The first-order chi connectivity index (χ1) is 8.02. The fourth-order valence-corrected chi connectivity index (χ4v) is 1.94. The Morgan fingerprint density at radius 3 is 2.35 bits per heavy atom. The van der Waals surface area contributed by atoms with Crippen molar-refractivity contribution in [2.45, 2.75) is 57.2 Å². The molecule has 98 valence electrons. The van der Waals surface area contributed by atoms with Gasteiger partial charge in [0.05, 0.1) is 6.10 Å². The molecule has 0 aromatic heterocycles. The van der Waals surface area contributed by atoms with E-state index in [4.69, 9.17) is 5.11 Å². The molecular formula is C11H20N2O4. The van der Waals surface area contributed by atoms with Crippen LogP contribution >= 0.6 is 0 Å². The van der Waals surface area contributed by atoms with Crippen LogP contribution in [0.5, 0.6) is 0 Å². The summed E-state index contributed by atoms with van der Waals surface area (Å²) in [5, 5.41) is 23.2. The molecule has 0 bridgehead atoms. The molecule has 0 spiro atoms. The maximum Gasteiger partial charge on any atom is 0.326 e. The molecule has 1 rings (SSSR count). The molecule has 0 aliphatic heterocycles. The highest BCUT2D eigenvalue weighted by atomic mass is 16.4. The second kappa shape index (κ2) is 6.44. The monoisotopic (exact) mass is 244 g/mol. The predicted octanol–water partition coefficient (Wildman–Crippen LogP) is 0.452. The Morgan fingerprint density at radius 2 is 1.88 bits per heavy atom. The SMILES string of the molecule is CCC(NC(=O)NC1CCC(O)CC1)C(=O)O. The number of rotatable bonds is 4. The summed E-state index contributed by atoms with van der Waals surface area (Å²) in [5.41, 5.74) is 0. The van der Waals surface area contributed by atoms with Crippen molar-refractivity contribution in [3.8, 4) is 0 Å². The van der Waals surface area contributed by atoms with Crippen LogP contribution in [0.4, 0.5) is 4.79 Å². The number of aliphatic hydroxyl groups is 1. The second-order valence-corrected chi connectivity index (χ2v) is 4.42. The molecule has 1 saturated carbocycles. The van der Waals surface area contributed by atoms with Gasteiger partial charge in [-0.3, -0.25) is 0 Å². The molecule has 1 aliphatic rings. The van der Waals surface area contributed by atoms with E-state index in [1.807, 2.05) is 0 Å². The average Bonchev–Trinajstić information content (AvgIpc) is 2.28. The van der Waals surface area contributed by atoms with Crippen molar-refractivity contribution < 1.29 is 19.8 Å². The molecule has 17 heavy (non-hydrogen) atoms. The smallest absolute Gasteiger partial charge is 0.326 e. The van der Waals surface area contributed by atoms with Crippen LogP contribution in [0, 0.1) is 0 Å². The number of aliphatic hydroxyl groups excluding tert-OH is 1. The van der Waals surface area contributed by atoms with Crippen molar-refractivity contribution in [3.63, 3.8) is 0 Å². The van der Waals surface area contributed by atoms with Crippen molar-refractivity contribution in [3.05, 3.63) is 0 Å². The molecule has 0 aromatic carbocycles. The fourth-order valence-electron chi connectivity index (χ4n) is 1.94. The highest BCUT2D eigenvalue weighted by Crippen LogP contribution is 2.18. The lowest BCUT2D eigenvalue weighted by atomic mass is 9.93. The average molecular weight is 244 g/mol. The van der Waals surface area contributed by atoms with Crippen LogP contribution in [0.2, 0.25) is 0 Å². The predicted molar refractivity (Wildman–Crippen MR) is 61.6 cm³/mol. The Balaban J connectivity index is 2.31. The number of hydrogen-bond donors (Lipinski definition) is 4. The van der Waals surface area contributed by atoms with Gasteiger partial charge in [-0.05, 0) is 32.1 Å². The lowest BCUT2D eigenvalue weighted by Crippen LogP contribution is -2.49. The van der Waals surface area contributed by atoms with Gasteiger partial charge in [-0.2, -0.15) is 0 Å². The van der Waals surface area contributed by atoms with Gasteiger partial charge in [0.15, 0.2) is 0 Å². The molecular weight excluding hydrogens is 224 g/mol. The first kappa shape index (κ1) is 13.8. The molecule has 2 amide bonds. The van der Waals surface area contributed by atoms with E-state index in [1.54, 1.807) is 6.92 Å². The normalized spacial score (nSPS) is 26.0. The number of urea groups is 1. The lowest BCUT2D eigenvalue weighted by molar-refractivity contribution is -0.139. The Kier molecular flexibility index (Phi) is 5.21. The first-order valence-electron chi connectivity index (χ1n) is 6.00. The number of aliphatic carboxylic acids is 1. The van der Waals surface area contributed by atoms with Gasteiger partial charge in [0.2, 0.25) is 0 Å². The van der Waals surface area contributed by atoms with Gasteiger partial charge in [0, 0.05) is 6.04 Å². The third-order valence-corrected chi connectivity index (χ3v) is 3.04. The Hall–Kier alpha value is -1.30. The highest BCUT2D eigenvalue weighted by molar-refractivity contribution is 5.82. The van der Waals surface area contributed by atoms with Crippen LogP contribution in [-0.4, -0.2) is 40.4 Å². The number of carbonyl (C=O) groups excluding carboxylic acids is 1. The van der Waals surface area contributed by atoms with Crippen LogP contribution in [0.3, 0.4) is 0 Å². The number of carboxylic acid groups (broad SMARTS) is 1. The quantitative estimate of drug-likeness (QED) is 0.577. The minimum atomic E-state index is -1.03. The summed E-state index contributed by atoms with van der Waals surface area (Å²) in [5.74, 6) is -1.03. The summed E-state index contributed by atoms with van der Waals surface area (Å²) in [6, 6.07) is -1.26. The van der Waals surface area contributed by atoms with Crippen LogP contribution in [-0.2, 0) is 4.79 Å². The standard InChI is InChI=1S/C11H20N2O4/c1-2-9(10(15)16)13-11(17)12-7-3-5-8(14)6-4-7/h7-9,14H,2-6H2,1H3,(H,15,16)(H2,12,13,17). The van der Waals surface area contributed by atoms with E-state index in [-0.39, 0.29) is 12.1 Å². The third kappa shape index (κ3) is 4.60. The van der Waals surface area contributed by atoms with Gasteiger partial charge >= 0.3 is 12.0 Å². The molecule has 0 heterocycles. The second-order valence-electron chi connectivity index (χ2n) is 4.42.